The van der Waals surface area contributed by atoms with Gasteiger partial charge in [-0.1, -0.05) is 6.07 Å². The number of nitrogens with two attached hydrogens (primary N) is 1. The summed E-state index contributed by atoms with van der Waals surface area (Å²) in [5, 5.41) is 0. The lowest BCUT2D eigenvalue weighted by atomic mass is 10.1. The van der Waals surface area contributed by atoms with E-state index in [0.29, 0.717) is 6.54 Å². The highest BCUT2D eigenvalue weighted by molar-refractivity contribution is 5.79. The van der Waals surface area contributed by atoms with Crippen molar-refractivity contribution in [2.24, 2.45) is 5.73 Å². The maximum atomic E-state index is 5.76. The van der Waals surface area contributed by atoms with Gasteiger partial charge in [-0.3, -0.25) is 0 Å². The third-order valence-electron chi connectivity index (χ3n) is 3.30. The molecule has 1 saturated carbocycles. The quantitative estimate of drug-likeness (QED) is 0.853. The molecule has 84 valence electrons. The Labute approximate surface area is 93.4 Å². The van der Waals surface area contributed by atoms with Crippen LogP contribution in [0, 0.1) is 0 Å². The molecule has 1 fully saturated rings. The second kappa shape index (κ2) is 3.22. The van der Waals surface area contributed by atoms with Gasteiger partial charge in [0, 0.05) is 6.54 Å². The predicted molar refractivity (Wildman–Crippen MR) is 60.5 cm³/mol. The van der Waals surface area contributed by atoms with Gasteiger partial charge in [0.1, 0.15) is 5.75 Å². The molecule has 16 heavy (non-hydrogen) atoms. The van der Waals surface area contributed by atoms with Crippen molar-refractivity contribution in [3.63, 3.8) is 0 Å². The number of aromatic nitrogens is 1. The monoisotopic (exact) mass is 218 g/mol. The molecule has 3 rings (SSSR count). The maximum absolute atomic E-state index is 5.76. The van der Waals surface area contributed by atoms with Crippen LogP contribution in [0.1, 0.15) is 18.7 Å². The van der Waals surface area contributed by atoms with Gasteiger partial charge in [-0.05, 0) is 25.0 Å². The van der Waals surface area contributed by atoms with E-state index in [2.05, 4.69) is 4.98 Å². The Kier molecular flexibility index (Phi) is 1.94. The molecule has 4 heteroatoms. The van der Waals surface area contributed by atoms with Gasteiger partial charge in [-0.2, -0.15) is 0 Å². The van der Waals surface area contributed by atoms with Crippen molar-refractivity contribution in [1.82, 2.24) is 4.98 Å². The van der Waals surface area contributed by atoms with Gasteiger partial charge in [-0.15, -0.1) is 0 Å². The van der Waals surface area contributed by atoms with Crippen LogP contribution in [0.5, 0.6) is 5.75 Å². The lowest BCUT2D eigenvalue weighted by Crippen LogP contribution is -2.19. The Balaban J connectivity index is 2.16. The van der Waals surface area contributed by atoms with E-state index in [9.17, 15) is 0 Å². The van der Waals surface area contributed by atoms with Crippen LogP contribution in [-0.2, 0) is 5.41 Å². The van der Waals surface area contributed by atoms with E-state index in [4.69, 9.17) is 14.9 Å². The van der Waals surface area contributed by atoms with Gasteiger partial charge >= 0.3 is 0 Å². The number of methoxy groups -OCH3 is 1. The van der Waals surface area contributed by atoms with Crippen molar-refractivity contribution in [1.29, 1.82) is 0 Å². The largest absolute Gasteiger partial charge is 0.494 e. The molecule has 0 unspecified atom stereocenters. The summed E-state index contributed by atoms with van der Waals surface area (Å²) in [5.41, 5.74) is 7.32. The summed E-state index contributed by atoms with van der Waals surface area (Å²) in [6.45, 7) is 0.599. The molecular weight excluding hydrogens is 204 g/mol. The minimum absolute atomic E-state index is 0.00989. The van der Waals surface area contributed by atoms with Gasteiger partial charge in [-0.25, -0.2) is 4.98 Å². The molecule has 1 heterocycles. The fraction of sp³-hybridized carbons (Fsp3) is 0.417. The average molecular weight is 218 g/mol. The second-order valence-corrected chi connectivity index (χ2v) is 4.31. The predicted octanol–water partition coefficient (Wildman–Crippen LogP) is 1.83. The van der Waals surface area contributed by atoms with Crippen LogP contribution in [0.4, 0.5) is 0 Å². The molecule has 0 aliphatic heterocycles. The summed E-state index contributed by atoms with van der Waals surface area (Å²) >= 11 is 0. The lowest BCUT2D eigenvalue weighted by Gasteiger charge is -2.04. The molecule has 0 saturated heterocycles. The zero-order valence-electron chi connectivity index (χ0n) is 9.19. The minimum Gasteiger partial charge on any atom is -0.494 e. The molecule has 4 nitrogen and oxygen atoms in total. The van der Waals surface area contributed by atoms with E-state index in [-0.39, 0.29) is 5.41 Å². The van der Waals surface area contributed by atoms with E-state index >= 15 is 0 Å². The third kappa shape index (κ3) is 1.23. The molecule has 0 radical (unpaired) electrons. The van der Waals surface area contributed by atoms with E-state index in [1.54, 1.807) is 7.11 Å². The van der Waals surface area contributed by atoms with Crippen molar-refractivity contribution in [2.75, 3.05) is 13.7 Å². The van der Waals surface area contributed by atoms with Crippen LogP contribution in [0.3, 0.4) is 0 Å². The average Bonchev–Trinajstić information content (AvgIpc) is 3.00. The van der Waals surface area contributed by atoms with Gasteiger partial charge in [0.2, 0.25) is 5.89 Å². The molecule has 1 aromatic carbocycles. The molecule has 1 aliphatic rings. The van der Waals surface area contributed by atoms with Gasteiger partial charge in [0.05, 0.1) is 12.5 Å². The Hall–Kier alpha value is -1.55. The summed E-state index contributed by atoms with van der Waals surface area (Å²) in [6.07, 6.45) is 2.14. The highest BCUT2D eigenvalue weighted by Gasteiger charge is 2.47. The SMILES string of the molecule is COc1cccc2oc(C3(CN)CC3)nc12. The van der Waals surface area contributed by atoms with E-state index < -0.39 is 0 Å². The summed E-state index contributed by atoms with van der Waals surface area (Å²) < 4.78 is 11.0. The number of fused-ring (bicyclic) bond motifs is 1. The standard InChI is InChI=1S/C12H14N2O2/c1-15-8-3-2-4-9-10(8)14-11(16-9)12(7-13)5-6-12/h2-4H,5-7,13H2,1H3. The molecule has 2 aromatic rings. The first kappa shape index (κ1) is 9.66. The van der Waals surface area contributed by atoms with Crippen LogP contribution in [-0.4, -0.2) is 18.6 Å². The zero-order chi connectivity index (χ0) is 11.2. The van der Waals surface area contributed by atoms with Gasteiger partial charge in [0.25, 0.3) is 0 Å². The number of benzene rings is 1. The molecule has 1 aliphatic carbocycles. The highest BCUT2D eigenvalue weighted by Crippen LogP contribution is 2.47. The van der Waals surface area contributed by atoms with Crippen molar-refractivity contribution in [3.05, 3.63) is 24.1 Å². The number of ether oxygens (including phenoxy) is 1. The van der Waals surface area contributed by atoms with E-state index in [1.165, 1.54) is 0 Å². The first-order chi connectivity index (χ1) is 7.79. The summed E-state index contributed by atoms with van der Waals surface area (Å²) in [6, 6.07) is 5.69. The van der Waals surface area contributed by atoms with Crippen LogP contribution in [0.2, 0.25) is 0 Å². The number of nitrogens with zero attached hydrogens (tertiary/aromatic N) is 1. The first-order valence-corrected chi connectivity index (χ1v) is 5.43. The molecule has 1 aromatic heterocycles. The first-order valence-electron chi connectivity index (χ1n) is 5.43. The van der Waals surface area contributed by atoms with Crippen molar-refractivity contribution in [2.45, 2.75) is 18.3 Å². The van der Waals surface area contributed by atoms with E-state index in [1.807, 2.05) is 18.2 Å². The fourth-order valence-corrected chi connectivity index (χ4v) is 1.97. The Morgan fingerprint density at radius 3 is 2.94 bits per heavy atom. The number of oxazole rings is 1. The minimum atomic E-state index is -0.00989. The smallest absolute Gasteiger partial charge is 0.203 e. The molecule has 0 spiro atoms. The molecule has 0 amide bonds. The Morgan fingerprint density at radius 1 is 1.50 bits per heavy atom. The van der Waals surface area contributed by atoms with Crippen LogP contribution in [0.15, 0.2) is 22.6 Å². The van der Waals surface area contributed by atoms with Crippen molar-refractivity contribution in [3.8, 4) is 5.75 Å². The molecule has 0 atom stereocenters. The van der Waals surface area contributed by atoms with E-state index in [0.717, 1.165) is 35.6 Å². The fourth-order valence-electron chi connectivity index (χ4n) is 1.97. The highest BCUT2D eigenvalue weighted by atomic mass is 16.5. The van der Waals surface area contributed by atoms with Gasteiger partial charge < -0.3 is 14.9 Å². The van der Waals surface area contributed by atoms with Crippen molar-refractivity contribution < 1.29 is 9.15 Å². The molecular formula is C12H14N2O2. The number of para-hydroxylation sites is 1. The topological polar surface area (TPSA) is 61.3 Å². The van der Waals surface area contributed by atoms with Crippen LogP contribution < -0.4 is 10.5 Å². The Bertz CT molecular complexity index is 529. The number of hydrogen-bond donors (Lipinski definition) is 1. The normalized spacial score (nSPS) is 17.6. The van der Waals surface area contributed by atoms with Gasteiger partial charge in [0.15, 0.2) is 11.1 Å². The van der Waals surface area contributed by atoms with Crippen LogP contribution >= 0.6 is 0 Å². The third-order valence-corrected chi connectivity index (χ3v) is 3.30. The second-order valence-electron chi connectivity index (χ2n) is 4.31. The number of rotatable bonds is 3. The zero-order valence-corrected chi connectivity index (χ0v) is 9.19. The maximum Gasteiger partial charge on any atom is 0.203 e. The van der Waals surface area contributed by atoms with Crippen molar-refractivity contribution >= 4 is 11.1 Å². The summed E-state index contributed by atoms with van der Waals surface area (Å²) in [5.74, 6) is 1.51. The van der Waals surface area contributed by atoms with Crippen LogP contribution in [0.25, 0.3) is 11.1 Å². The molecule has 0 bridgehead atoms. The summed E-state index contributed by atoms with van der Waals surface area (Å²) in [4.78, 5) is 4.52. The number of hydrogen-bond acceptors (Lipinski definition) is 4. The lowest BCUT2D eigenvalue weighted by molar-refractivity contribution is 0.419. The molecule has 2 N–H and O–H groups in total. The Morgan fingerprint density at radius 2 is 2.31 bits per heavy atom. The summed E-state index contributed by atoms with van der Waals surface area (Å²) in [7, 11) is 1.64.